The van der Waals surface area contributed by atoms with Gasteiger partial charge in [0.25, 0.3) is 0 Å². The highest BCUT2D eigenvalue weighted by Gasteiger charge is 2.49. The first-order valence-electron chi connectivity index (χ1n) is 9.08. The molecule has 2 N–H and O–H groups in total. The van der Waals surface area contributed by atoms with E-state index in [1.54, 1.807) is 6.92 Å². The smallest absolute Gasteiger partial charge is 0.176 e. The molecule has 0 radical (unpaired) electrons. The predicted molar refractivity (Wildman–Crippen MR) is 100 cm³/mol. The summed E-state index contributed by atoms with van der Waals surface area (Å²) in [5, 5.41) is 21.0. The molecule has 0 aromatic carbocycles. The fourth-order valence-electron chi connectivity index (χ4n) is 3.07. The van der Waals surface area contributed by atoms with Gasteiger partial charge in [0.15, 0.2) is 11.6 Å². The van der Waals surface area contributed by atoms with Gasteiger partial charge < -0.3 is 10.2 Å². The summed E-state index contributed by atoms with van der Waals surface area (Å²) in [4.78, 5) is 25.7. The number of carbonyl (C=O) groups excluding carboxylic acids is 2. The van der Waals surface area contributed by atoms with Gasteiger partial charge in [0.05, 0.1) is 17.6 Å². The van der Waals surface area contributed by atoms with Crippen LogP contribution >= 0.6 is 0 Å². The molecule has 1 fully saturated rings. The van der Waals surface area contributed by atoms with Gasteiger partial charge in [-0.1, -0.05) is 37.1 Å². The fraction of sp³-hybridized carbons (Fsp3) is 0.619. The summed E-state index contributed by atoms with van der Waals surface area (Å²) in [5.74, 6) is -2.52. The van der Waals surface area contributed by atoms with Crippen LogP contribution in [0.5, 0.6) is 0 Å². The van der Waals surface area contributed by atoms with Crippen LogP contribution in [-0.2, 0) is 9.59 Å². The third-order valence-corrected chi connectivity index (χ3v) is 4.86. The number of hydrogen-bond donors (Lipinski definition) is 2. The third-order valence-electron chi connectivity index (χ3n) is 4.86. The summed E-state index contributed by atoms with van der Waals surface area (Å²) in [6.45, 7) is 11.4. The van der Waals surface area contributed by atoms with E-state index in [0.717, 1.165) is 11.1 Å². The van der Waals surface area contributed by atoms with Gasteiger partial charge in [-0.15, -0.1) is 0 Å². The molecule has 1 aliphatic rings. The maximum atomic E-state index is 12.9. The second kappa shape index (κ2) is 9.14. The van der Waals surface area contributed by atoms with Gasteiger partial charge in [0.1, 0.15) is 5.76 Å². The number of aliphatic hydroxyl groups excluding tert-OH is 2. The van der Waals surface area contributed by atoms with Crippen LogP contribution in [0, 0.1) is 17.8 Å². The molecule has 0 aliphatic heterocycles. The predicted octanol–water partition coefficient (Wildman–Crippen LogP) is 4.30. The highest BCUT2D eigenvalue weighted by Crippen LogP contribution is 2.38. The maximum absolute atomic E-state index is 12.9. The molecule has 1 rings (SSSR count). The summed E-state index contributed by atoms with van der Waals surface area (Å²) >= 11 is 0. The van der Waals surface area contributed by atoms with Crippen molar-refractivity contribution in [1.29, 1.82) is 0 Å². The summed E-state index contributed by atoms with van der Waals surface area (Å²) in [7, 11) is 0. The van der Waals surface area contributed by atoms with E-state index in [0.29, 0.717) is 19.3 Å². The molecule has 1 aliphatic carbocycles. The lowest BCUT2D eigenvalue weighted by molar-refractivity contribution is -0.123. The molecule has 4 heteroatoms. The molecule has 0 aromatic rings. The van der Waals surface area contributed by atoms with E-state index >= 15 is 0 Å². The Kier molecular flexibility index (Phi) is 7.81. The molecular weight excluding hydrogens is 316 g/mol. The molecular formula is C21H32O4. The van der Waals surface area contributed by atoms with Crippen molar-refractivity contribution in [2.75, 3.05) is 0 Å². The van der Waals surface area contributed by atoms with E-state index in [1.165, 1.54) is 0 Å². The van der Waals surface area contributed by atoms with Crippen molar-refractivity contribution in [3.8, 4) is 0 Å². The van der Waals surface area contributed by atoms with E-state index in [1.807, 2.05) is 46.8 Å². The first-order valence-corrected chi connectivity index (χ1v) is 9.08. The van der Waals surface area contributed by atoms with Gasteiger partial charge >= 0.3 is 0 Å². The number of hydrogen-bond acceptors (Lipinski definition) is 4. The zero-order valence-electron chi connectivity index (χ0n) is 16.3. The highest BCUT2D eigenvalue weighted by molar-refractivity contribution is 6.27. The van der Waals surface area contributed by atoms with Crippen LogP contribution in [0.15, 0.2) is 34.6 Å². The molecule has 4 nitrogen and oxygen atoms in total. The largest absolute Gasteiger partial charge is 0.511 e. The first kappa shape index (κ1) is 21.4. The second-order valence-corrected chi connectivity index (χ2v) is 7.53. The van der Waals surface area contributed by atoms with Crippen molar-refractivity contribution < 1.29 is 19.8 Å². The number of aliphatic hydroxyl groups is 2. The normalized spacial score (nSPS) is 24.8. The number of allylic oxidation sites excluding steroid dienone is 5. The van der Waals surface area contributed by atoms with Crippen molar-refractivity contribution in [2.24, 2.45) is 17.8 Å². The van der Waals surface area contributed by atoms with Crippen LogP contribution in [0.25, 0.3) is 0 Å². The quantitative estimate of drug-likeness (QED) is 0.311. The zero-order valence-corrected chi connectivity index (χ0v) is 16.3. The highest BCUT2D eigenvalue weighted by atomic mass is 16.3. The molecule has 0 bridgehead atoms. The fourth-order valence-corrected chi connectivity index (χ4v) is 3.07. The topological polar surface area (TPSA) is 74.6 Å². The number of ketones is 2. The third kappa shape index (κ3) is 5.15. The van der Waals surface area contributed by atoms with Crippen LogP contribution in [-0.4, -0.2) is 27.9 Å². The van der Waals surface area contributed by atoms with Crippen LogP contribution in [0.1, 0.15) is 60.8 Å². The van der Waals surface area contributed by atoms with Gasteiger partial charge in [-0.25, -0.2) is 0 Å². The Bertz CT molecular complexity index is 601. The van der Waals surface area contributed by atoms with Crippen LogP contribution in [0.3, 0.4) is 0 Å². The van der Waals surface area contributed by atoms with Gasteiger partial charge in [-0.05, 0) is 47.0 Å². The summed E-state index contributed by atoms with van der Waals surface area (Å²) in [5.41, 5.74) is 2.01. The lowest BCUT2D eigenvalue weighted by Crippen LogP contribution is -2.30. The Labute approximate surface area is 151 Å². The standard InChI is InChI=1S/C21H32O4/c1-7-14(6)19(23)18-20(24)15(10-8-12(2)3)17(21(18)25)16(22)11-9-13(4)5/h8-9,14-17,22-23H,7,10-11H2,1-6H3. The van der Waals surface area contributed by atoms with E-state index in [-0.39, 0.29) is 23.0 Å². The molecule has 4 unspecified atom stereocenters. The van der Waals surface area contributed by atoms with Crippen LogP contribution < -0.4 is 0 Å². The first-order chi connectivity index (χ1) is 11.6. The minimum absolute atomic E-state index is 0.0947. The monoisotopic (exact) mass is 348 g/mol. The molecule has 0 saturated heterocycles. The maximum Gasteiger partial charge on any atom is 0.176 e. The minimum Gasteiger partial charge on any atom is -0.511 e. The van der Waals surface area contributed by atoms with E-state index < -0.39 is 23.7 Å². The zero-order chi connectivity index (χ0) is 19.3. The number of carbonyl (C=O) groups is 2. The Morgan fingerprint density at radius 2 is 1.64 bits per heavy atom. The Hall–Kier alpha value is -1.68. The minimum atomic E-state index is -0.927. The SMILES string of the molecule is CCC(C)C(O)=C1C(=O)C(CC=C(C)C)C(C(O)CC=C(C)C)C1=O. The van der Waals surface area contributed by atoms with E-state index in [2.05, 4.69) is 0 Å². The molecule has 4 atom stereocenters. The molecule has 0 spiro atoms. The van der Waals surface area contributed by atoms with Crippen molar-refractivity contribution >= 4 is 11.6 Å². The Balaban J connectivity index is 3.29. The van der Waals surface area contributed by atoms with Crippen LogP contribution in [0.4, 0.5) is 0 Å². The molecule has 140 valence electrons. The van der Waals surface area contributed by atoms with Gasteiger partial charge in [-0.2, -0.15) is 0 Å². The van der Waals surface area contributed by atoms with Crippen molar-refractivity contribution in [2.45, 2.75) is 66.9 Å². The van der Waals surface area contributed by atoms with E-state index in [9.17, 15) is 19.8 Å². The van der Waals surface area contributed by atoms with Gasteiger partial charge in [0.2, 0.25) is 0 Å². The number of rotatable bonds is 7. The average Bonchev–Trinajstić information content (AvgIpc) is 2.79. The average molecular weight is 348 g/mol. The molecule has 0 aromatic heterocycles. The van der Waals surface area contributed by atoms with Crippen molar-refractivity contribution in [3.63, 3.8) is 0 Å². The summed E-state index contributed by atoms with van der Waals surface area (Å²) in [6, 6.07) is 0. The van der Waals surface area contributed by atoms with E-state index in [4.69, 9.17) is 0 Å². The van der Waals surface area contributed by atoms with Crippen molar-refractivity contribution in [1.82, 2.24) is 0 Å². The Morgan fingerprint density at radius 3 is 2.12 bits per heavy atom. The van der Waals surface area contributed by atoms with Crippen LogP contribution in [0.2, 0.25) is 0 Å². The number of Topliss-reactive ketones (excluding diaryl/α,β-unsaturated/α-hetero) is 2. The van der Waals surface area contributed by atoms with Gasteiger partial charge in [0, 0.05) is 11.8 Å². The molecule has 1 saturated carbocycles. The lowest BCUT2D eigenvalue weighted by atomic mass is 9.85. The summed E-state index contributed by atoms with van der Waals surface area (Å²) < 4.78 is 0. The van der Waals surface area contributed by atoms with Crippen molar-refractivity contribution in [3.05, 3.63) is 34.6 Å². The van der Waals surface area contributed by atoms with Gasteiger partial charge in [-0.3, -0.25) is 9.59 Å². The Morgan fingerprint density at radius 1 is 1.08 bits per heavy atom. The molecule has 25 heavy (non-hydrogen) atoms. The second-order valence-electron chi connectivity index (χ2n) is 7.53. The molecule has 0 heterocycles. The summed E-state index contributed by atoms with van der Waals surface area (Å²) in [6.07, 6.45) is 4.23. The molecule has 0 amide bonds. The lowest BCUT2D eigenvalue weighted by Gasteiger charge is -2.20.